The number of nitrogens with zero attached hydrogens (tertiary/aromatic N) is 1. The Morgan fingerprint density at radius 3 is 2.61 bits per heavy atom. The summed E-state index contributed by atoms with van der Waals surface area (Å²) in [5, 5.41) is 19.8. The van der Waals surface area contributed by atoms with Gasteiger partial charge in [-0.2, -0.15) is 0 Å². The highest BCUT2D eigenvalue weighted by molar-refractivity contribution is 6.45. The molecule has 3 rings (SSSR count). The second-order valence-corrected chi connectivity index (χ2v) is 5.76. The highest BCUT2D eigenvalue weighted by atomic mass is 16.3. The van der Waals surface area contributed by atoms with Crippen molar-refractivity contribution in [3.05, 3.63) is 35.4 Å². The molecule has 1 aliphatic carbocycles. The van der Waals surface area contributed by atoms with Gasteiger partial charge in [-0.05, 0) is 50.3 Å². The summed E-state index contributed by atoms with van der Waals surface area (Å²) in [5.74, 6) is 0. The normalized spacial score (nSPS) is 26.3. The largest absolute Gasteiger partial charge is 0.437 e. The van der Waals surface area contributed by atoms with Gasteiger partial charge in [0, 0.05) is 5.41 Å². The van der Waals surface area contributed by atoms with Crippen molar-refractivity contribution in [1.29, 1.82) is 0 Å². The van der Waals surface area contributed by atoms with Crippen LogP contribution in [0.3, 0.4) is 0 Å². The number of piperidine rings is 1. The molecule has 2 N–H and O–H groups in total. The maximum atomic E-state index is 10.2. The minimum absolute atomic E-state index is 0.140. The maximum Gasteiger partial charge on any atom is 0.376 e. The van der Waals surface area contributed by atoms with Gasteiger partial charge in [0.05, 0.1) is 6.10 Å². The van der Waals surface area contributed by atoms with E-state index in [1.54, 1.807) is 0 Å². The Balaban J connectivity index is 1.87. The summed E-state index contributed by atoms with van der Waals surface area (Å²) in [7, 11) is -0.357. The van der Waals surface area contributed by atoms with Crippen molar-refractivity contribution in [2.75, 3.05) is 13.1 Å². The molecule has 0 saturated carbocycles. The number of aliphatic hydroxyl groups excluding tert-OH is 1. The molecule has 2 aliphatic rings. The third-order valence-corrected chi connectivity index (χ3v) is 4.76. The van der Waals surface area contributed by atoms with Crippen LogP contribution >= 0.6 is 0 Å². The van der Waals surface area contributed by atoms with Gasteiger partial charge in [0.15, 0.2) is 0 Å². The number of aliphatic hydroxyl groups is 1. The molecule has 4 heteroatoms. The van der Waals surface area contributed by atoms with Gasteiger partial charge >= 0.3 is 7.05 Å². The molecule has 0 bridgehead atoms. The molecule has 1 atom stereocenters. The lowest BCUT2D eigenvalue weighted by Gasteiger charge is -2.40. The second kappa shape index (κ2) is 4.37. The molecule has 0 radical (unpaired) electrons. The molecule has 0 amide bonds. The van der Waals surface area contributed by atoms with E-state index in [0.717, 1.165) is 37.9 Å². The van der Waals surface area contributed by atoms with Gasteiger partial charge in [0.2, 0.25) is 0 Å². The Kier molecular flexibility index (Phi) is 2.97. The average molecular weight is 245 g/mol. The van der Waals surface area contributed by atoms with Crippen LogP contribution in [0.15, 0.2) is 24.3 Å². The van der Waals surface area contributed by atoms with Crippen molar-refractivity contribution in [3.63, 3.8) is 0 Å². The van der Waals surface area contributed by atoms with Gasteiger partial charge in [-0.1, -0.05) is 24.3 Å². The summed E-state index contributed by atoms with van der Waals surface area (Å²) in [4.78, 5) is 2.11. The van der Waals surface area contributed by atoms with Crippen LogP contribution in [-0.2, 0) is 5.41 Å². The minimum Gasteiger partial charge on any atom is -0.437 e. The van der Waals surface area contributed by atoms with Gasteiger partial charge in [-0.3, -0.25) is 0 Å². The van der Waals surface area contributed by atoms with Gasteiger partial charge in [-0.25, -0.2) is 0 Å². The monoisotopic (exact) mass is 245 g/mol. The fourth-order valence-electron chi connectivity index (χ4n) is 3.66. The molecular weight excluding hydrogens is 225 g/mol. The summed E-state index contributed by atoms with van der Waals surface area (Å²) in [6, 6.07) is 8.30. The fraction of sp³-hybridized carbons (Fsp3) is 0.571. The first kappa shape index (κ1) is 12.2. The zero-order valence-electron chi connectivity index (χ0n) is 10.8. The molecule has 0 unspecified atom stereocenters. The number of hydrogen-bond acceptors (Lipinski definition) is 3. The van der Waals surface area contributed by atoms with Crippen LogP contribution < -0.4 is 0 Å². The summed E-state index contributed by atoms with van der Waals surface area (Å²) in [6.45, 7) is 3.66. The molecule has 96 valence electrons. The van der Waals surface area contributed by atoms with E-state index in [9.17, 15) is 10.1 Å². The van der Waals surface area contributed by atoms with Crippen LogP contribution in [0.4, 0.5) is 0 Å². The van der Waals surface area contributed by atoms with E-state index in [2.05, 4.69) is 23.0 Å². The van der Waals surface area contributed by atoms with Crippen molar-refractivity contribution < 1.29 is 10.1 Å². The summed E-state index contributed by atoms with van der Waals surface area (Å²) in [5.41, 5.74) is 2.59. The predicted octanol–water partition coefficient (Wildman–Crippen LogP) is 1.57. The van der Waals surface area contributed by atoms with Crippen molar-refractivity contribution >= 4 is 7.05 Å². The molecule has 1 aromatic rings. The smallest absolute Gasteiger partial charge is 0.376 e. The average Bonchev–Trinajstić information content (AvgIpc) is 2.64. The lowest BCUT2D eigenvalue weighted by Crippen LogP contribution is -2.47. The SMILES string of the molecule is CB(O)N1CCC2(CC1)C[C@H](O)c1ccccc12. The summed E-state index contributed by atoms with van der Waals surface area (Å²) >= 11 is 0. The standard InChI is InChI=1S/C14H20BNO2/c1-15(18)16-8-6-14(7-9-16)10-13(17)11-4-2-3-5-12(11)14/h2-5,13,17-18H,6-10H2,1H3/t13-/m0/s1. The van der Waals surface area contributed by atoms with Crippen LogP contribution in [0.5, 0.6) is 0 Å². The predicted molar refractivity (Wildman–Crippen MR) is 72.3 cm³/mol. The van der Waals surface area contributed by atoms with Gasteiger partial charge < -0.3 is 14.9 Å². The number of hydrogen-bond donors (Lipinski definition) is 2. The quantitative estimate of drug-likeness (QED) is 0.738. The lowest BCUT2D eigenvalue weighted by molar-refractivity contribution is 0.127. The lowest BCUT2D eigenvalue weighted by atomic mass is 9.70. The van der Waals surface area contributed by atoms with Crippen LogP contribution in [0.1, 0.15) is 36.5 Å². The van der Waals surface area contributed by atoms with E-state index in [0.29, 0.717) is 0 Å². The molecule has 1 saturated heterocycles. The number of rotatable bonds is 1. The van der Waals surface area contributed by atoms with Crippen LogP contribution in [0.2, 0.25) is 6.82 Å². The van der Waals surface area contributed by atoms with Crippen molar-refractivity contribution in [3.8, 4) is 0 Å². The highest BCUT2D eigenvalue weighted by Crippen LogP contribution is 2.50. The van der Waals surface area contributed by atoms with Crippen molar-refractivity contribution in [2.24, 2.45) is 0 Å². The third-order valence-electron chi connectivity index (χ3n) is 4.76. The van der Waals surface area contributed by atoms with Crippen LogP contribution in [0, 0.1) is 0 Å². The van der Waals surface area contributed by atoms with E-state index < -0.39 is 0 Å². The Morgan fingerprint density at radius 1 is 1.28 bits per heavy atom. The number of fused-ring (bicyclic) bond motifs is 2. The van der Waals surface area contributed by atoms with Gasteiger partial charge in [0.1, 0.15) is 0 Å². The molecule has 18 heavy (non-hydrogen) atoms. The zero-order chi connectivity index (χ0) is 12.8. The van der Waals surface area contributed by atoms with Crippen molar-refractivity contribution in [2.45, 2.75) is 37.6 Å². The van der Waals surface area contributed by atoms with E-state index >= 15 is 0 Å². The minimum atomic E-state index is -0.357. The Hall–Kier alpha value is -0.835. The Labute approximate surface area is 109 Å². The second-order valence-electron chi connectivity index (χ2n) is 5.76. The van der Waals surface area contributed by atoms with E-state index in [4.69, 9.17) is 0 Å². The molecule has 1 spiro atoms. The molecule has 1 aromatic carbocycles. The third kappa shape index (κ3) is 1.80. The molecule has 1 aliphatic heterocycles. The molecule has 3 nitrogen and oxygen atoms in total. The Bertz CT molecular complexity index is 441. The first-order chi connectivity index (χ1) is 8.62. The maximum absolute atomic E-state index is 10.2. The highest BCUT2D eigenvalue weighted by Gasteiger charge is 2.45. The number of benzene rings is 1. The molecule has 0 aromatic heterocycles. The molecular formula is C14H20BNO2. The Morgan fingerprint density at radius 2 is 1.94 bits per heavy atom. The van der Waals surface area contributed by atoms with E-state index in [-0.39, 0.29) is 18.6 Å². The van der Waals surface area contributed by atoms with E-state index in [1.807, 2.05) is 12.9 Å². The first-order valence-corrected chi connectivity index (χ1v) is 6.82. The molecule has 1 heterocycles. The van der Waals surface area contributed by atoms with Crippen molar-refractivity contribution in [1.82, 2.24) is 4.81 Å². The van der Waals surface area contributed by atoms with Crippen LogP contribution in [0.25, 0.3) is 0 Å². The molecule has 1 fully saturated rings. The van der Waals surface area contributed by atoms with Gasteiger partial charge in [-0.15, -0.1) is 0 Å². The fourth-order valence-corrected chi connectivity index (χ4v) is 3.66. The first-order valence-electron chi connectivity index (χ1n) is 6.82. The topological polar surface area (TPSA) is 43.7 Å². The van der Waals surface area contributed by atoms with Gasteiger partial charge in [0.25, 0.3) is 0 Å². The van der Waals surface area contributed by atoms with E-state index in [1.165, 1.54) is 5.56 Å². The zero-order valence-corrected chi connectivity index (χ0v) is 10.8. The van der Waals surface area contributed by atoms with Crippen LogP contribution in [-0.4, -0.2) is 35.1 Å². The summed E-state index contributed by atoms with van der Waals surface area (Å²) < 4.78 is 0. The summed E-state index contributed by atoms with van der Waals surface area (Å²) in [6.07, 6.45) is 2.61.